The van der Waals surface area contributed by atoms with E-state index in [1.54, 1.807) is 24.3 Å². The van der Waals surface area contributed by atoms with Crippen molar-refractivity contribution >= 4 is 23.3 Å². The maximum Gasteiger partial charge on any atom is 0.337 e. The fourth-order valence-corrected chi connectivity index (χ4v) is 3.16. The van der Waals surface area contributed by atoms with E-state index in [0.29, 0.717) is 23.8 Å². The third-order valence-electron chi connectivity index (χ3n) is 4.57. The smallest absolute Gasteiger partial charge is 0.337 e. The highest BCUT2D eigenvalue weighted by molar-refractivity contribution is 5.95. The average molecular weight is 338 g/mol. The molecular weight excluding hydrogens is 316 g/mol. The van der Waals surface area contributed by atoms with Crippen molar-refractivity contribution in [2.75, 3.05) is 23.9 Å². The summed E-state index contributed by atoms with van der Waals surface area (Å²) in [6, 6.07) is 15.3. The molecule has 0 aromatic heterocycles. The number of hydrogen-bond acceptors (Lipinski definition) is 4. The first-order valence-electron chi connectivity index (χ1n) is 8.41. The van der Waals surface area contributed by atoms with Crippen molar-refractivity contribution in [3.8, 4) is 0 Å². The summed E-state index contributed by atoms with van der Waals surface area (Å²) in [7, 11) is 1.34. The number of benzene rings is 2. The van der Waals surface area contributed by atoms with Crippen LogP contribution in [0.4, 0.5) is 11.4 Å². The molecule has 1 atom stereocenters. The molecule has 130 valence electrons. The van der Waals surface area contributed by atoms with Crippen LogP contribution >= 0.6 is 0 Å². The Balaban J connectivity index is 1.67. The number of aryl methyl sites for hydroxylation is 1. The summed E-state index contributed by atoms with van der Waals surface area (Å²) in [4.78, 5) is 26.1. The highest BCUT2D eigenvalue weighted by atomic mass is 16.5. The van der Waals surface area contributed by atoms with E-state index >= 15 is 0 Å². The number of ether oxygens (including phenoxy) is 1. The molecule has 0 bridgehead atoms. The van der Waals surface area contributed by atoms with E-state index in [1.807, 2.05) is 12.1 Å². The minimum absolute atomic E-state index is 0.0747. The number of amides is 1. The Morgan fingerprint density at radius 2 is 1.88 bits per heavy atom. The lowest BCUT2D eigenvalue weighted by molar-refractivity contribution is -0.115. The molecule has 0 radical (unpaired) electrons. The van der Waals surface area contributed by atoms with Gasteiger partial charge in [0.25, 0.3) is 0 Å². The van der Waals surface area contributed by atoms with Gasteiger partial charge in [0.1, 0.15) is 0 Å². The normalized spacial score (nSPS) is 16.1. The minimum atomic E-state index is -0.392. The zero-order valence-electron chi connectivity index (χ0n) is 14.5. The molecule has 5 heteroatoms. The van der Waals surface area contributed by atoms with E-state index in [4.69, 9.17) is 0 Å². The Morgan fingerprint density at radius 3 is 2.60 bits per heavy atom. The number of hydrogen-bond donors (Lipinski definition) is 1. The lowest BCUT2D eigenvalue weighted by atomic mass is 9.96. The molecule has 0 fully saturated rings. The summed E-state index contributed by atoms with van der Waals surface area (Å²) in [5.74, 6) is -0.467. The number of fused-ring (bicyclic) bond motifs is 1. The molecule has 25 heavy (non-hydrogen) atoms. The number of anilines is 2. The first kappa shape index (κ1) is 17.0. The number of methoxy groups -OCH3 is 1. The van der Waals surface area contributed by atoms with Crippen LogP contribution in [0.3, 0.4) is 0 Å². The molecule has 0 saturated carbocycles. The minimum Gasteiger partial charge on any atom is -0.465 e. The quantitative estimate of drug-likeness (QED) is 0.870. The summed E-state index contributed by atoms with van der Waals surface area (Å²) in [6.45, 7) is 2.45. The molecule has 1 amide bonds. The summed E-state index contributed by atoms with van der Waals surface area (Å²) >= 11 is 0. The summed E-state index contributed by atoms with van der Waals surface area (Å²) in [5, 5.41) is 2.89. The molecule has 2 aromatic carbocycles. The van der Waals surface area contributed by atoms with Gasteiger partial charge < -0.3 is 15.0 Å². The van der Waals surface area contributed by atoms with Gasteiger partial charge in [-0.3, -0.25) is 4.79 Å². The highest BCUT2D eigenvalue weighted by Crippen LogP contribution is 2.30. The van der Waals surface area contributed by atoms with E-state index in [1.165, 1.54) is 12.7 Å². The summed E-state index contributed by atoms with van der Waals surface area (Å²) in [5.41, 5.74) is 3.54. The molecule has 0 saturated heterocycles. The number of nitrogens with zero attached hydrogens (tertiary/aromatic N) is 1. The van der Waals surface area contributed by atoms with Gasteiger partial charge in [-0.05, 0) is 55.7 Å². The van der Waals surface area contributed by atoms with Crippen LogP contribution in [0, 0.1) is 0 Å². The molecular formula is C20H22N2O3. The van der Waals surface area contributed by atoms with Crippen LogP contribution in [0.25, 0.3) is 0 Å². The van der Waals surface area contributed by atoms with Crippen LogP contribution in [0.5, 0.6) is 0 Å². The Morgan fingerprint density at radius 1 is 1.16 bits per heavy atom. The van der Waals surface area contributed by atoms with Gasteiger partial charge in [-0.2, -0.15) is 0 Å². The largest absolute Gasteiger partial charge is 0.465 e. The van der Waals surface area contributed by atoms with E-state index in [0.717, 1.165) is 18.5 Å². The Labute approximate surface area is 147 Å². The zero-order valence-corrected chi connectivity index (χ0v) is 14.5. The first-order valence-corrected chi connectivity index (χ1v) is 8.41. The van der Waals surface area contributed by atoms with Crippen molar-refractivity contribution in [3.05, 3.63) is 59.7 Å². The van der Waals surface area contributed by atoms with Crippen molar-refractivity contribution in [1.29, 1.82) is 0 Å². The highest BCUT2D eigenvalue weighted by Gasteiger charge is 2.24. The van der Waals surface area contributed by atoms with Gasteiger partial charge in [0, 0.05) is 17.4 Å². The van der Waals surface area contributed by atoms with E-state index < -0.39 is 5.97 Å². The van der Waals surface area contributed by atoms with Crippen LogP contribution in [0.1, 0.15) is 29.3 Å². The fraction of sp³-hybridized carbons (Fsp3) is 0.300. The second kappa shape index (κ2) is 7.38. The number of esters is 1. The van der Waals surface area contributed by atoms with Gasteiger partial charge >= 0.3 is 5.97 Å². The van der Waals surface area contributed by atoms with Crippen molar-refractivity contribution in [2.24, 2.45) is 0 Å². The summed E-state index contributed by atoms with van der Waals surface area (Å²) in [6.07, 6.45) is 2.09. The Kier molecular flexibility index (Phi) is 5.03. The van der Waals surface area contributed by atoms with Crippen molar-refractivity contribution < 1.29 is 14.3 Å². The van der Waals surface area contributed by atoms with Crippen molar-refractivity contribution in [1.82, 2.24) is 0 Å². The van der Waals surface area contributed by atoms with Gasteiger partial charge in [-0.25, -0.2) is 4.79 Å². The fourth-order valence-electron chi connectivity index (χ4n) is 3.16. The number of para-hydroxylation sites is 1. The van der Waals surface area contributed by atoms with E-state index in [-0.39, 0.29) is 5.91 Å². The van der Waals surface area contributed by atoms with Gasteiger partial charge in [0.15, 0.2) is 0 Å². The van der Waals surface area contributed by atoms with Gasteiger partial charge in [0.05, 0.1) is 19.2 Å². The number of carbonyl (C=O) groups excluding carboxylic acids is 2. The first-order chi connectivity index (χ1) is 12.1. The standard InChI is InChI=1S/C20H22N2O3/c1-14-7-8-15-5-3-4-6-18(15)22(14)13-19(23)21-17-11-9-16(10-12-17)20(24)25-2/h3-6,9-12,14H,7-8,13H2,1-2H3,(H,21,23)/t14-/m0/s1. The Hall–Kier alpha value is -2.82. The van der Waals surface area contributed by atoms with Crippen LogP contribution in [-0.4, -0.2) is 31.6 Å². The molecule has 1 aliphatic heterocycles. The van der Waals surface area contributed by atoms with Crippen molar-refractivity contribution in [2.45, 2.75) is 25.8 Å². The lowest BCUT2D eigenvalue weighted by Crippen LogP contribution is -2.42. The molecule has 1 aliphatic rings. The lowest BCUT2D eigenvalue weighted by Gasteiger charge is -2.36. The van der Waals surface area contributed by atoms with Crippen LogP contribution in [0.2, 0.25) is 0 Å². The zero-order chi connectivity index (χ0) is 17.8. The van der Waals surface area contributed by atoms with Crippen molar-refractivity contribution in [3.63, 3.8) is 0 Å². The maximum atomic E-state index is 12.5. The molecule has 0 spiro atoms. The van der Waals surface area contributed by atoms with Crippen LogP contribution in [-0.2, 0) is 16.0 Å². The average Bonchev–Trinajstić information content (AvgIpc) is 2.64. The molecule has 1 heterocycles. The van der Waals surface area contributed by atoms with Gasteiger partial charge in [-0.1, -0.05) is 18.2 Å². The molecule has 0 unspecified atom stereocenters. The molecule has 3 rings (SSSR count). The Bertz CT molecular complexity index is 771. The monoisotopic (exact) mass is 338 g/mol. The van der Waals surface area contributed by atoms with Gasteiger partial charge in [0.2, 0.25) is 5.91 Å². The predicted molar refractivity (Wildman–Crippen MR) is 98.0 cm³/mol. The topological polar surface area (TPSA) is 58.6 Å². The number of carbonyl (C=O) groups is 2. The van der Waals surface area contributed by atoms with Crippen LogP contribution in [0.15, 0.2) is 48.5 Å². The molecule has 5 nitrogen and oxygen atoms in total. The van der Waals surface area contributed by atoms with E-state index in [2.05, 4.69) is 34.0 Å². The molecule has 0 aliphatic carbocycles. The SMILES string of the molecule is COC(=O)c1ccc(NC(=O)CN2c3ccccc3CC[C@@H]2C)cc1. The maximum absolute atomic E-state index is 12.5. The third kappa shape index (κ3) is 3.82. The number of rotatable bonds is 4. The summed E-state index contributed by atoms with van der Waals surface area (Å²) < 4.78 is 4.67. The van der Waals surface area contributed by atoms with Crippen LogP contribution < -0.4 is 10.2 Å². The van der Waals surface area contributed by atoms with Gasteiger partial charge in [-0.15, -0.1) is 0 Å². The third-order valence-corrected chi connectivity index (χ3v) is 4.57. The predicted octanol–water partition coefficient (Wildman–Crippen LogP) is 3.25. The molecule has 1 N–H and O–H groups in total. The number of nitrogens with one attached hydrogen (secondary N) is 1. The second-order valence-electron chi connectivity index (χ2n) is 6.26. The second-order valence-corrected chi connectivity index (χ2v) is 6.26. The van der Waals surface area contributed by atoms with E-state index in [9.17, 15) is 9.59 Å². The molecule has 2 aromatic rings.